The smallest absolute Gasteiger partial charge is 0.129 e. The van der Waals surface area contributed by atoms with Crippen molar-refractivity contribution in [2.75, 3.05) is 4.90 Å². The number of pyridine rings is 1. The van der Waals surface area contributed by atoms with Crippen molar-refractivity contribution < 1.29 is 0 Å². The van der Waals surface area contributed by atoms with Gasteiger partial charge in [-0.25, -0.2) is 4.98 Å². The summed E-state index contributed by atoms with van der Waals surface area (Å²) in [5, 5.41) is 8.69. The molecule has 1 fully saturated rings. The predicted octanol–water partition coefficient (Wildman–Crippen LogP) is 3.36. The lowest BCUT2D eigenvalue weighted by Crippen LogP contribution is -2.33. The van der Waals surface area contributed by atoms with E-state index in [1.807, 2.05) is 26.0 Å². The minimum Gasteiger partial charge on any atom is -0.351 e. The van der Waals surface area contributed by atoms with Crippen molar-refractivity contribution in [2.45, 2.75) is 52.6 Å². The molecule has 3 nitrogen and oxygen atoms in total. The van der Waals surface area contributed by atoms with Gasteiger partial charge in [-0.15, -0.1) is 0 Å². The molecular formula is C14H21N3. The van der Waals surface area contributed by atoms with Crippen LogP contribution in [0.15, 0.2) is 18.3 Å². The van der Waals surface area contributed by atoms with Crippen molar-refractivity contribution in [2.24, 2.45) is 0 Å². The number of aromatic nitrogens is 1. The van der Waals surface area contributed by atoms with E-state index in [0.717, 1.165) is 5.82 Å². The third-order valence-corrected chi connectivity index (χ3v) is 3.09. The SMILES string of the molecule is CC.CC1CCC(C)N1c1ccc(C#N)cn1. The Morgan fingerprint density at radius 1 is 1.24 bits per heavy atom. The highest BCUT2D eigenvalue weighted by molar-refractivity contribution is 5.44. The van der Waals surface area contributed by atoms with Crippen LogP contribution < -0.4 is 4.90 Å². The molecule has 2 heterocycles. The number of hydrogen-bond donors (Lipinski definition) is 0. The molecule has 1 aromatic rings. The summed E-state index contributed by atoms with van der Waals surface area (Å²) in [6.45, 7) is 8.45. The largest absolute Gasteiger partial charge is 0.351 e. The summed E-state index contributed by atoms with van der Waals surface area (Å²) in [6.07, 6.45) is 4.10. The zero-order chi connectivity index (χ0) is 12.8. The molecule has 1 aromatic heterocycles. The van der Waals surface area contributed by atoms with Gasteiger partial charge in [-0.1, -0.05) is 13.8 Å². The van der Waals surface area contributed by atoms with Crippen molar-refractivity contribution in [3.63, 3.8) is 0 Å². The average Bonchev–Trinajstić information content (AvgIpc) is 2.72. The summed E-state index contributed by atoms with van der Waals surface area (Å²) in [5.41, 5.74) is 0.623. The molecule has 2 rings (SSSR count). The second-order valence-electron chi connectivity index (χ2n) is 4.20. The molecule has 0 aliphatic carbocycles. The molecule has 0 radical (unpaired) electrons. The molecule has 0 aromatic carbocycles. The first-order chi connectivity index (χ1) is 8.22. The quantitative estimate of drug-likeness (QED) is 0.744. The molecule has 1 saturated heterocycles. The third-order valence-electron chi connectivity index (χ3n) is 3.09. The van der Waals surface area contributed by atoms with E-state index in [2.05, 4.69) is 29.8 Å². The molecule has 2 atom stereocenters. The highest BCUT2D eigenvalue weighted by atomic mass is 15.2. The Morgan fingerprint density at radius 3 is 2.24 bits per heavy atom. The molecular weight excluding hydrogens is 210 g/mol. The molecule has 1 aliphatic heterocycles. The van der Waals surface area contributed by atoms with E-state index in [1.165, 1.54) is 12.8 Å². The summed E-state index contributed by atoms with van der Waals surface area (Å²) < 4.78 is 0. The molecule has 0 bridgehead atoms. The second kappa shape index (κ2) is 6.24. The maximum Gasteiger partial charge on any atom is 0.129 e. The van der Waals surface area contributed by atoms with Crippen LogP contribution in [0, 0.1) is 11.3 Å². The van der Waals surface area contributed by atoms with Gasteiger partial charge in [0.25, 0.3) is 0 Å². The van der Waals surface area contributed by atoms with Crippen LogP contribution in [0.3, 0.4) is 0 Å². The fourth-order valence-corrected chi connectivity index (χ4v) is 2.25. The van der Waals surface area contributed by atoms with Crippen LogP contribution in [-0.2, 0) is 0 Å². The van der Waals surface area contributed by atoms with Gasteiger partial charge in [-0.2, -0.15) is 5.26 Å². The topological polar surface area (TPSA) is 39.9 Å². The first kappa shape index (κ1) is 13.5. The second-order valence-corrected chi connectivity index (χ2v) is 4.20. The van der Waals surface area contributed by atoms with Gasteiger partial charge < -0.3 is 4.90 Å². The predicted molar refractivity (Wildman–Crippen MR) is 70.9 cm³/mol. The molecule has 0 amide bonds. The van der Waals surface area contributed by atoms with E-state index in [4.69, 9.17) is 5.26 Å². The molecule has 3 heteroatoms. The average molecular weight is 231 g/mol. The zero-order valence-electron chi connectivity index (χ0n) is 11.1. The van der Waals surface area contributed by atoms with Crippen LogP contribution in [0.4, 0.5) is 5.82 Å². The minimum absolute atomic E-state index is 0.556. The van der Waals surface area contributed by atoms with E-state index < -0.39 is 0 Å². The Labute approximate surface area is 104 Å². The van der Waals surface area contributed by atoms with Crippen LogP contribution >= 0.6 is 0 Å². The van der Waals surface area contributed by atoms with Gasteiger partial charge in [-0.05, 0) is 38.8 Å². The van der Waals surface area contributed by atoms with E-state index in [9.17, 15) is 0 Å². The van der Waals surface area contributed by atoms with Crippen LogP contribution in [0.5, 0.6) is 0 Å². The van der Waals surface area contributed by atoms with Gasteiger partial charge in [0.05, 0.1) is 5.56 Å². The lowest BCUT2D eigenvalue weighted by atomic mass is 10.2. The lowest BCUT2D eigenvalue weighted by Gasteiger charge is -2.27. The monoisotopic (exact) mass is 231 g/mol. The standard InChI is InChI=1S/C12H15N3.C2H6/c1-9-3-4-10(2)15(9)12-6-5-11(7-13)8-14-12;1-2/h5-6,8-10H,3-4H2,1-2H3;1-2H3. The summed E-state index contributed by atoms with van der Waals surface area (Å²) in [6, 6.07) is 6.97. The van der Waals surface area contributed by atoms with Gasteiger partial charge in [-0.3, -0.25) is 0 Å². The molecule has 0 spiro atoms. The van der Waals surface area contributed by atoms with Crippen LogP contribution in [0.1, 0.15) is 46.1 Å². The maximum atomic E-state index is 8.69. The highest BCUT2D eigenvalue weighted by Gasteiger charge is 2.27. The first-order valence-electron chi connectivity index (χ1n) is 6.37. The summed E-state index contributed by atoms with van der Waals surface area (Å²) in [7, 11) is 0. The Kier molecular flexibility index (Phi) is 4.96. The van der Waals surface area contributed by atoms with Crippen molar-refractivity contribution in [3.05, 3.63) is 23.9 Å². The molecule has 0 N–H and O–H groups in total. The minimum atomic E-state index is 0.556. The fourth-order valence-electron chi connectivity index (χ4n) is 2.25. The van der Waals surface area contributed by atoms with E-state index in [1.54, 1.807) is 6.20 Å². The summed E-state index contributed by atoms with van der Waals surface area (Å²) in [4.78, 5) is 6.67. The van der Waals surface area contributed by atoms with E-state index in [0.29, 0.717) is 17.6 Å². The number of nitriles is 1. The van der Waals surface area contributed by atoms with Gasteiger partial charge >= 0.3 is 0 Å². The Balaban J connectivity index is 0.000000686. The molecule has 0 saturated carbocycles. The van der Waals surface area contributed by atoms with Crippen molar-refractivity contribution in [3.8, 4) is 6.07 Å². The van der Waals surface area contributed by atoms with Crippen molar-refractivity contribution >= 4 is 5.82 Å². The number of anilines is 1. The fraction of sp³-hybridized carbons (Fsp3) is 0.571. The highest BCUT2D eigenvalue weighted by Crippen LogP contribution is 2.28. The molecule has 17 heavy (non-hydrogen) atoms. The molecule has 2 unspecified atom stereocenters. The summed E-state index contributed by atoms with van der Waals surface area (Å²) >= 11 is 0. The Hall–Kier alpha value is -1.56. The summed E-state index contributed by atoms with van der Waals surface area (Å²) in [5.74, 6) is 0.992. The Bertz CT molecular complexity index is 367. The first-order valence-corrected chi connectivity index (χ1v) is 6.37. The number of nitrogens with zero attached hydrogens (tertiary/aromatic N) is 3. The van der Waals surface area contributed by atoms with Gasteiger partial charge in [0.1, 0.15) is 11.9 Å². The molecule has 1 aliphatic rings. The van der Waals surface area contributed by atoms with Crippen LogP contribution in [0.2, 0.25) is 0 Å². The van der Waals surface area contributed by atoms with Crippen LogP contribution in [0.25, 0.3) is 0 Å². The van der Waals surface area contributed by atoms with Gasteiger partial charge in [0.15, 0.2) is 0 Å². The lowest BCUT2D eigenvalue weighted by molar-refractivity contribution is 0.683. The zero-order valence-corrected chi connectivity index (χ0v) is 11.1. The van der Waals surface area contributed by atoms with Gasteiger partial charge in [0, 0.05) is 18.3 Å². The number of hydrogen-bond acceptors (Lipinski definition) is 3. The Morgan fingerprint density at radius 2 is 1.82 bits per heavy atom. The van der Waals surface area contributed by atoms with Crippen molar-refractivity contribution in [1.82, 2.24) is 4.98 Å². The van der Waals surface area contributed by atoms with Gasteiger partial charge in [0.2, 0.25) is 0 Å². The maximum absolute atomic E-state index is 8.69. The molecule has 92 valence electrons. The van der Waals surface area contributed by atoms with Crippen LogP contribution in [-0.4, -0.2) is 17.1 Å². The normalized spacial score (nSPS) is 22.6. The van der Waals surface area contributed by atoms with Crippen molar-refractivity contribution in [1.29, 1.82) is 5.26 Å². The van der Waals surface area contributed by atoms with E-state index >= 15 is 0 Å². The third kappa shape index (κ3) is 2.97. The van der Waals surface area contributed by atoms with E-state index in [-0.39, 0.29) is 0 Å². The number of rotatable bonds is 1.